The van der Waals surface area contributed by atoms with Crippen LogP contribution in [0.1, 0.15) is 13.8 Å². The monoisotopic (exact) mass is 226 g/mol. The summed E-state index contributed by atoms with van der Waals surface area (Å²) < 4.78 is 10.9. The number of amides is 1. The Morgan fingerprint density at radius 3 is 2.94 bits per heavy atom. The van der Waals surface area contributed by atoms with Crippen molar-refractivity contribution in [1.82, 2.24) is 10.6 Å². The molecule has 1 rings (SSSR count). The zero-order valence-electron chi connectivity index (χ0n) is 9.71. The molecular formula is C11H18N2O3. The Bertz CT molecular complexity index is 283. The lowest BCUT2D eigenvalue weighted by Crippen LogP contribution is -2.39. The third-order valence-electron chi connectivity index (χ3n) is 2.11. The SMILES string of the molecule is C#CCNCC(=O)NCC1COC(C)(C)O1. The molecule has 1 atom stereocenters. The zero-order valence-corrected chi connectivity index (χ0v) is 9.71. The maximum atomic E-state index is 11.3. The Hall–Kier alpha value is -1.09. The smallest absolute Gasteiger partial charge is 0.234 e. The molecular weight excluding hydrogens is 208 g/mol. The maximum Gasteiger partial charge on any atom is 0.234 e. The van der Waals surface area contributed by atoms with E-state index in [1.807, 2.05) is 13.8 Å². The molecule has 0 bridgehead atoms. The molecule has 0 aromatic heterocycles. The van der Waals surface area contributed by atoms with Crippen molar-refractivity contribution < 1.29 is 14.3 Å². The fourth-order valence-corrected chi connectivity index (χ4v) is 1.40. The molecule has 1 amide bonds. The van der Waals surface area contributed by atoms with Crippen LogP contribution in [0.4, 0.5) is 0 Å². The first-order chi connectivity index (χ1) is 7.53. The van der Waals surface area contributed by atoms with Gasteiger partial charge in [0.15, 0.2) is 5.79 Å². The maximum absolute atomic E-state index is 11.3. The van der Waals surface area contributed by atoms with Crippen LogP contribution in [0, 0.1) is 12.3 Å². The Labute approximate surface area is 95.9 Å². The highest BCUT2D eigenvalue weighted by atomic mass is 16.7. The van der Waals surface area contributed by atoms with Gasteiger partial charge in [-0.2, -0.15) is 0 Å². The molecule has 0 aromatic rings. The van der Waals surface area contributed by atoms with E-state index in [9.17, 15) is 4.79 Å². The highest BCUT2D eigenvalue weighted by Gasteiger charge is 2.32. The number of terminal acetylenes is 1. The summed E-state index contributed by atoms with van der Waals surface area (Å²) in [5, 5.41) is 5.55. The summed E-state index contributed by atoms with van der Waals surface area (Å²) in [5.74, 6) is 1.76. The Morgan fingerprint density at radius 2 is 2.38 bits per heavy atom. The van der Waals surface area contributed by atoms with E-state index in [0.29, 0.717) is 19.7 Å². The van der Waals surface area contributed by atoms with Crippen LogP contribution in [0.15, 0.2) is 0 Å². The molecule has 0 radical (unpaired) electrons. The molecule has 16 heavy (non-hydrogen) atoms. The van der Waals surface area contributed by atoms with Crippen LogP contribution in [0.3, 0.4) is 0 Å². The van der Waals surface area contributed by atoms with E-state index in [1.54, 1.807) is 0 Å². The zero-order chi connectivity index (χ0) is 12.0. The second-order valence-electron chi connectivity index (χ2n) is 4.06. The van der Waals surface area contributed by atoms with Crippen LogP contribution < -0.4 is 10.6 Å². The van der Waals surface area contributed by atoms with Crippen molar-refractivity contribution in [3.63, 3.8) is 0 Å². The summed E-state index contributed by atoms with van der Waals surface area (Å²) in [6.07, 6.45) is 4.96. The van der Waals surface area contributed by atoms with Crippen LogP contribution in [-0.2, 0) is 14.3 Å². The van der Waals surface area contributed by atoms with Crippen LogP contribution >= 0.6 is 0 Å². The molecule has 0 saturated carbocycles. The van der Waals surface area contributed by atoms with Crippen LogP contribution in [0.25, 0.3) is 0 Å². The van der Waals surface area contributed by atoms with E-state index < -0.39 is 5.79 Å². The quantitative estimate of drug-likeness (QED) is 0.489. The Balaban J connectivity index is 2.11. The second-order valence-corrected chi connectivity index (χ2v) is 4.06. The highest BCUT2D eigenvalue weighted by molar-refractivity contribution is 5.78. The highest BCUT2D eigenvalue weighted by Crippen LogP contribution is 2.21. The van der Waals surface area contributed by atoms with Crippen molar-refractivity contribution in [2.24, 2.45) is 0 Å². The third kappa shape index (κ3) is 4.62. The van der Waals surface area contributed by atoms with E-state index in [2.05, 4.69) is 16.6 Å². The number of hydrogen-bond donors (Lipinski definition) is 2. The lowest BCUT2D eigenvalue weighted by molar-refractivity contribution is -0.139. The van der Waals surface area contributed by atoms with E-state index >= 15 is 0 Å². The van der Waals surface area contributed by atoms with Gasteiger partial charge in [-0.25, -0.2) is 0 Å². The van der Waals surface area contributed by atoms with Gasteiger partial charge in [0, 0.05) is 6.54 Å². The molecule has 1 saturated heterocycles. The fourth-order valence-electron chi connectivity index (χ4n) is 1.40. The standard InChI is InChI=1S/C11H18N2O3/c1-4-5-12-7-10(14)13-6-9-8-15-11(2,3)16-9/h1,9,12H,5-8H2,2-3H3,(H,13,14). The molecule has 0 aliphatic carbocycles. The second kappa shape index (κ2) is 5.85. The fraction of sp³-hybridized carbons (Fsp3) is 0.727. The number of carbonyl (C=O) groups is 1. The summed E-state index contributed by atoms with van der Waals surface area (Å²) in [6.45, 7) is 5.28. The topological polar surface area (TPSA) is 59.6 Å². The first-order valence-corrected chi connectivity index (χ1v) is 5.26. The van der Waals surface area contributed by atoms with Gasteiger partial charge in [-0.1, -0.05) is 5.92 Å². The Morgan fingerprint density at radius 1 is 1.62 bits per heavy atom. The van der Waals surface area contributed by atoms with E-state index in [-0.39, 0.29) is 18.6 Å². The van der Waals surface area contributed by atoms with Gasteiger partial charge in [-0.15, -0.1) is 6.42 Å². The van der Waals surface area contributed by atoms with E-state index in [4.69, 9.17) is 15.9 Å². The molecule has 5 heteroatoms. The van der Waals surface area contributed by atoms with E-state index in [1.165, 1.54) is 0 Å². The van der Waals surface area contributed by atoms with Gasteiger partial charge in [0.1, 0.15) is 6.10 Å². The molecule has 1 aliphatic heterocycles. The van der Waals surface area contributed by atoms with Crippen molar-refractivity contribution in [3.05, 3.63) is 0 Å². The van der Waals surface area contributed by atoms with Crippen molar-refractivity contribution in [2.45, 2.75) is 25.7 Å². The predicted molar refractivity (Wildman–Crippen MR) is 59.6 cm³/mol. The summed E-state index contributed by atoms with van der Waals surface area (Å²) in [6, 6.07) is 0. The average Bonchev–Trinajstić information content (AvgIpc) is 2.56. The first-order valence-electron chi connectivity index (χ1n) is 5.26. The van der Waals surface area contributed by atoms with Crippen molar-refractivity contribution >= 4 is 5.91 Å². The summed E-state index contributed by atoms with van der Waals surface area (Å²) >= 11 is 0. The summed E-state index contributed by atoms with van der Waals surface area (Å²) in [7, 11) is 0. The van der Waals surface area contributed by atoms with Gasteiger partial charge in [-0.05, 0) is 13.8 Å². The van der Waals surface area contributed by atoms with Gasteiger partial charge >= 0.3 is 0 Å². The molecule has 2 N–H and O–H groups in total. The third-order valence-corrected chi connectivity index (χ3v) is 2.11. The van der Waals surface area contributed by atoms with E-state index in [0.717, 1.165) is 0 Å². The van der Waals surface area contributed by atoms with Crippen molar-refractivity contribution in [3.8, 4) is 12.3 Å². The lowest BCUT2D eigenvalue weighted by Gasteiger charge is -2.17. The van der Waals surface area contributed by atoms with Crippen LogP contribution in [0.2, 0.25) is 0 Å². The van der Waals surface area contributed by atoms with Crippen molar-refractivity contribution in [2.75, 3.05) is 26.2 Å². The number of carbonyl (C=O) groups excluding carboxylic acids is 1. The molecule has 0 aromatic carbocycles. The molecule has 1 aliphatic rings. The van der Waals surface area contributed by atoms with Gasteiger partial charge in [0.25, 0.3) is 0 Å². The number of hydrogen-bond acceptors (Lipinski definition) is 4. The van der Waals surface area contributed by atoms with Gasteiger partial charge < -0.3 is 14.8 Å². The Kier molecular flexibility index (Phi) is 4.74. The van der Waals surface area contributed by atoms with Crippen LogP contribution in [0.5, 0.6) is 0 Å². The molecule has 5 nitrogen and oxygen atoms in total. The summed E-state index contributed by atoms with van der Waals surface area (Å²) in [4.78, 5) is 11.3. The molecule has 0 spiro atoms. The largest absolute Gasteiger partial charge is 0.352 e. The molecule has 1 fully saturated rings. The van der Waals surface area contributed by atoms with Crippen LogP contribution in [-0.4, -0.2) is 44.0 Å². The first kappa shape index (κ1) is 13.0. The van der Waals surface area contributed by atoms with Crippen molar-refractivity contribution in [1.29, 1.82) is 0 Å². The number of nitrogens with one attached hydrogen (secondary N) is 2. The minimum absolute atomic E-state index is 0.0772. The minimum atomic E-state index is -0.545. The van der Waals surface area contributed by atoms with Gasteiger partial charge in [0.2, 0.25) is 5.91 Å². The van der Waals surface area contributed by atoms with Gasteiger partial charge in [-0.3, -0.25) is 10.1 Å². The summed E-state index contributed by atoms with van der Waals surface area (Å²) in [5.41, 5.74) is 0. The normalized spacial score (nSPS) is 22.7. The molecule has 1 unspecified atom stereocenters. The number of rotatable bonds is 5. The van der Waals surface area contributed by atoms with Gasteiger partial charge in [0.05, 0.1) is 19.7 Å². The average molecular weight is 226 g/mol. The lowest BCUT2D eigenvalue weighted by atomic mass is 10.3. The number of ether oxygens (including phenoxy) is 2. The predicted octanol–water partition coefficient (Wildman–Crippen LogP) is -0.523. The minimum Gasteiger partial charge on any atom is -0.352 e. The molecule has 90 valence electrons. The molecule has 1 heterocycles.